The van der Waals surface area contributed by atoms with Crippen molar-refractivity contribution in [2.45, 2.75) is 62.8 Å². The molecule has 0 spiro atoms. The average Bonchev–Trinajstić information content (AvgIpc) is 2.95. The molecule has 0 radical (unpaired) electrons. The summed E-state index contributed by atoms with van der Waals surface area (Å²) < 4.78 is 86.1. The fraction of sp³-hybridized carbons (Fsp3) is 1.00. The molecule has 152 valence electrons. The highest BCUT2D eigenvalue weighted by Crippen LogP contribution is 2.52. The second kappa shape index (κ2) is 7.48. The van der Waals surface area contributed by atoms with E-state index >= 15 is 0 Å². The summed E-state index contributed by atoms with van der Waals surface area (Å²) in [5.41, 5.74) is 0. The van der Waals surface area contributed by atoms with Crippen LogP contribution in [0.15, 0.2) is 0 Å². The molecule has 12 heteroatoms. The van der Waals surface area contributed by atoms with Crippen molar-refractivity contribution in [1.29, 1.82) is 0 Å². The molecule has 0 aliphatic carbocycles. The van der Waals surface area contributed by atoms with Crippen LogP contribution in [0.1, 0.15) is 13.8 Å². The second-order valence-corrected chi connectivity index (χ2v) is 10.9. The summed E-state index contributed by atoms with van der Waals surface area (Å²) in [4.78, 5) is 0. The van der Waals surface area contributed by atoms with E-state index in [9.17, 15) is 17.9 Å². The van der Waals surface area contributed by atoms with Crippen LogP contribution in [-0.4, -0.2) is 75.5 Å². The van der Waals surface area contributed by atoms with Crippen molar-refractivity contribution < 1.29 is 45.5 Å². The van der Waals surface area contributed by atoms with E-state index in [1.807, 2.05) is 0 Å². The summed E-state index contributed by atoms with van der Waals surface area (Å²) in [5.74, 6) is 0. The number of fused-ring (bicyclic) bond motifs is 3. The minimum atomic E-state index is -3.73. The standard InChI is InChI=1S/C14H24F2O8P2/c1-7-11(15)14-10(21-7)6-20-25(3,17)23-13-8(2)22-9(12(13)16)5-19-26(4,18)24-14/h7-14H,5-6H2,1-4H3/t7-,8-,9+,10+,11+,12+,13-,14+,25?,26?/m0/s1. The lowest BCUT2D eigenvalue weighted by Crippen LogP contribution is -2.34. The molecule has 3 heterocycles. The molecule has 3 rings (SSSR count). The molecule has 3 aliphatic heterocycles. The van der Waals surface area contributed by atoms with Crippen molar-refractivity contribution in [3.8, 4) is 0 Å². The van der Waals surface area contributed by atoms with E-state index in [2.05, 4.69) is 0 Å². The van der Waals surface area contributed by atoms with Crippen LogP contribution in [0.4, 0.5) is 8.78 Å². The van der Waals surface area contributed by atoms with Crippen molar-refractivity contribution in [2.24, 2.45) is 0 Å². The fourth-order valence-corrected chi connectivity index (χ4v) is 5.64. The van der Waals surface area contributed by atoms with E-state index in [1.54, 1.807) is 6.92 Å². The highest BCUT2D eigenvalue weighted by molar-refractivity contribution is 7.53. The molecule has 2 bridgehead atoms. The number of hydrogen-bond acceptors (Lipinski definition) is 8. The zero-order valence-electron chi connectivity index (χ0n) is 14.9. The van der Waals surface area contributed by atoms with Gasteiger partial charge in [0, 0.05) is 13.3 Å². The SMILES string of the molecule is C[C@@H]1O[C@@H]2COP(C)(=O)O[C@@H]3[C@H](F)[C@@H](COP(C)(=O)O[C@H]2[C@@H]1F)O[C@H]3C. The van der Waals surface area contributed by atoms with E-state index < -0.39 is 64.2 Å². The summed E-state index contributed by atoms with van der Waals surface area (Å²) >= 11 is 0. The monoisotopic (exact) mass is 420 g/mol. The van der Waals surface area contributed by atoms with Gasteiger partial charge in [-0.2, -0.15) is 0 Å². The largest absolute Gasteiger partial charge is 0.367 e. The average molecular weight is 420 g/mol. The van der Waals surface area contributed by atoms with E-state index in [-0.39, 0.29) is 13.2 Å². The highest BCUT2D eigenvalue weighted by Gasteiger charge is 2.50. The summed E-state index contributed by atoms with van der Waals surface area (Å²) in [6.07, 6.45) is -9.18. The maximum Gasteiger partial charge on any atom is 0.328 e. The lowest BCUT2D eigenvalue weighted by Gasteiger charge is -2.25. The molecular formula is C14H24F2O8P2. The molecule has 0 aromatic rings. The molecule has 3 saturated heterocycles. The van der Waals surface area contributed by atoms with Crippen LogP contribution in [0.2, 0.25) is 0 Å². The molecule has 3 aliphatic rings. The van der Waals surface area contributed by atoms with Gasteiger partial charge in [0.1, 0.15) is 24.4 Å². The van der Waals surface area contributed by atoms with Gasteiger partial charge >= 0.3 is 15.2 Å². The molecule has 3 fully saturated rings. The van der Waals surface area contributed by atoms with Gasteiger partial charge in [-0.15, -0.1) is 0 Å². The Morgan fingerprint density at radius 1 is 0.769 bits per heavy atom. The summed E-state index contributed by atoms with van der Waals surface area (Å²) in [6.45, 7) is 4.73. The van der Waals surface area contributed by atoms with Gasteiger partial charge in [-0.1, -0.05) is 0 Å². The van der Waals surface area contributed by atoms with E-state index in [0.29, 0.717) is 0 Å². The van der Waals surface area contributed by atoms with Crippen molar-refractivity contribution in [3.63, 3.8) is 0 Å². The van der Waals surface area contributed by atoms with Crippen molar-refractivity contribution >= 4 is 15.2 Å². The molecule has 0 aromatic heterocycles. The first-order valence-corrected chi connectivity index (χ1v) is 12.4. The Morgan fingerprint density at radius 3 is 1.88 bits per heavy atom. The Hall–Kier alpha value is 0.0800. The van der Waals surface area contributed by atoms with Gasteiger partial charge in [0.05, 0.1) is 25.4 Å². The second-order valence-electron chi connectivity index (χ2n) is 6.92. The molecule has 8 nitrogen and oxygen atoms in total. The quantitative estimate of drug-likeness (QED) is 0.553. The zero-order valence-corrected chi connectivity index (χ0v) is 16.7. The van der Waals surface area contributed by atoms with Crippen LogP contribution in [0.3, 0.4) is 0 Å². The topological polar surface area (TPSA) is 89.5 Å². The van der Waals surface area contributed by atoms with Gasteiger partial charge in [-0.25, -0.2) is 8.78 Å². The summed E-state index contributed by atoms with van der Waals surface area (Å²) in [6, 6.07) is 0. The number of alkyl halides is 2. The predicted octanol–water partition coefficient (Wildman–Crippen LogP) is 2.70. The minimum absolute atomic E-state index is 0.328. The molecule has 0 N–H and O–H groups in total. The molecule has 26 heavy (non-hydrogen) atoms. The molecule has 0 saturated carbocycles. The number of halogens is 2. The Bertz CT molecular complexity index is 622. The molecule has 0 aromatic carbocycles. The third-order valence-corrected chi connectivity index (χ3v) is 7.10. The summed E-state index contributed by atoms with van der Waals surface area (Å²) in [5, 5.41) is 0. The number of hydrogen-bond donors (Lipinski definition) is 0. The smallest absolute Gasteiger partial charge is 0.328 e. The molecular weight excluding hydrogens is 396 g/mol. The molecule has 2 unspecified atom stereocenters. The first-order valence-electron chi connectivity index (χ1n) is 8.39. The Balaban J connectivity index is 1.85. The molecule has 0 amide bonds. The van der Waals surface area contributed by atoms with Crippen molar-refractivity contribution in [1.82, 2.24) is 0 Å². The van der Waals surface area contributed by atoms with Gasteiger partial charge in [0.15, 0.2) is 12.3 Å². The van der Waals surface area contributed by atoms with Crippen LogP contribution >= 0.6 is 15.2 Å². The third-order valence-electron chi connectivity index (χ3n) is 4.61. The van der Waals surface area contributed by atoms with Crippen LogP contribution in [0.5, 0.6) is 0 Å². The lowest BCUT2D eigenvalue weighted by molar-refractivity contribution is -0.0253. The normalized spacial score (nSPS) is 56.2. The maximum absolute atomic E-state index is 14.6. The van der Waals surface area contributed by atoms with Gasteiger partial charge in [0.2, 0.25) is 0 Å². The Labute approximate surface area is 150 Å². The van der Waals surface area contributed by atoms with Gasteiger partial charge < -0.3 is 18.5 Å². The van der Waals surface area contributed by atoms with Gasteiger partial charge in [-0.3, -0.25) is 18.2 Å². The van der Waals surface area contributed by atoms with E-state index in [0.717, 1.165) is 0 Å². The summed E-state index contributed by atoms with van der Waals surface area (Å²) in [7, 11) is -7.41. The van der Waals surface area contributed by atoms with Crippen LogP contribution in [0, 0.1) is 0 Å². The van der Waals surface area contributed by atoms with Crippen molar-refractivity contribution in [3.05, 3.63) is 0 Å². The van der Waals surface area contributed by atoms with E-state index in [1.165, 1.54) is 20.3 Å². The highest BCUT2D eigenvalue weighted by atomic mass is 31.2. The third kappa shape index (κ3) is 4.39. The fourth-order valence-electron chi connectivity index (χ4n) is 3.25. The molecule has 10 atom stereocenters. The Morgan fingerprint density at radius 2 is 1.27 bits per heavy atom. The maximum atomic E-state index is 14.6. The van der Waals surface area contributed by atoms with Crippen LogP contribution < -0.4 is 0 Å². The number of ether oxygens (including phenoxy) is 2. The minimum Gasteiger partial charge on any atom is -0.367 e. The zero-order chi connectivity index (χ0) is 19.3. The van der Waals surface area contributed by atoms with Crippen LogP contribution in [0.25, 0.3) is 0 Å². The predicted molar refractivity (Wildman–Crippen MR) is 87.2 cm³/mol. The van der Waals surface area contributed by atoms with Gasteiger partial charge in [-0.05, 0) is 13.8 Å². The van der Waals surface area contributed by atoms with Crippen LogP contribution in [-0.2, 0) is 36.7 Å². The lowest BCUT2D eigenvalue weighted by atomic mass is 10.1. The van der Waals surface area contributed by atoms with E-state index in [4.69, 9.17) is 27.6 Å². The van der Waals surface area contributed by atoms with Gasteiger partial charge in [0.25, 0.3) is 0 Å². The first-order chi connectivity index (χ1) is 12.0. The Kier molecular flexibility index (Phi) is 5.99. The number of rotatable bonds is 0. The first kappa shape index (κ1) is 20.8. The van der Waals surface area contributed by atoms with Crippen molar-refractivity contribution in [2.75, 3.05) is 26.5 Å².